The molecular weight excluding hydrogens is 260 g/mol. The predicted molar refractivity (Wildman–Crippen MR) is 83.8 cm³/mol. The SMILES string of the molecule is O/N=C1/[C@H]2CC[C@@H](C2)[C@@H]1N1CCC(c2ccccc2)CC1. The molecule has 1 N–H and O–H groups in total. The molecule has 3 aliphatic rings. The Labute approximate surface area is 126 Å². The van der Waals surface area contributed by atoms with E-state index in [1.165, 1.54) is 37.7 Å². The summed E-state index contributed by atoms with van der Waals surface area (Å²) in [5, 5.41) is 13.1. The van der Waals surface area contributed by atoms with E-state index in [1.807, 2.05) is 0 Å². The number of benzene rings is 1. The van der Waals surface area contributed by atoms with Gasteiger partial charge in [0.1, 0.15) is 0 Å². The molecule has 3 atom stereocenters. The Morgan fingerprint density at radius 2 is 1.71 bits per heavy atom. The predicted octanol–water partition coefficient (Wildman–Crippen LogP) is 3.49. The van der Waals surface area contributed by atoms with Crippen LogP contribution in [0.2, 0.25) is 0 Å². The number of oxime groups is 1. The second-order valence-electron chi connectivity index (χ2n) is 6.96. The van der Waals surface area contributed by atoms with Crippen molar-refractivity contribution >= 4 is 5.71 Å². The first kappa shape index (κ1) is 13.3. The van der Waals surface area contributed by atoms with Crippen LogP contribution in [-0.2, 0) is 0 Å². The number of piperidine rings is 1. The summed E-state index contributed by atoms with van der Waals surface area (Å²) in [7, 11) is 0. The average molecular weight is 284 g/mol. The molecule has 2 saturated carbocycles. The quantitative estimate of drug-likeness (QED) is 0.666. The van der Waals surface area contributed by atoms with Crippen molar-refractivity contribution in [3.63, 3.8) is 0 Å². The standard InChI is InChI=1S/C18H24N2O/c21-19-17-15-6-7-16(12-15)18(17)20-10-8-14(9-11-20)13-4-2-1-3-5-13/h1-5,14-16,18,21H,6-12H2/b19-17-/t15-,16-,18-/m0/s1. The molecule has 2 aliphatic carbocycles. The van der Waals surface area contributed by atoms with Crippen LogP contribution in [0, 0.1) is 11.8 Å². The van der Waals surface area contributed by atoms with E-state index >= 15 is 0 Å². The highest BCUT2D eigenvalue weighted by molar-refractivity contribution is 5.94. The van der Waals surface area contributed by atoms with Crippen molar-refractivity contribution in [2.45, 2.75) is 44.1 Å². The number of rotatable bonds is 2. The van der Waals surface area contributed by atoms with E-state index < -0.39 is 0 Å². The average Bonchev–Trinajstić information content (AvgIpc) is 3.16. The fraction of sp³-hybridized carbons (Fsp3) is 0.611. The van der Waals surface area contributed by atoms with Crippen LogP contribution in [0.4, 0.5) is 0 Å². The van der Waals surface area contributed by atoms with Gasteiger partial charge in [0.05, 0.1) is 11.8 Å². The summed E-state index contributed by atoms with van der Waals surface area (Å²) in [5.41, 5.74) is 2.57. The molecule has 112 valence electrons. The number of hydrogen-bond donors (Lipinski definition) is 1. The molecule has 0 unspecified atom stereocenters. The Morgan fingerprint density at radius 1 is 0.952 bits per heavy atom. The first-order valence-electron chi connectivity index (χ1n) is 8.37. The lowest BCUT2D eigenvalue weighted by atomic mass is 9.86. The Hall–Kier alpha value is -1.35. The number of fused-ring (bicyclic) bond motifs is 2. The van der Waals surface area contributed by atoms with Crippen LogP contribution in [0.15, 0.2) is 35.5 Å². The van der Waals surface area contributed by atoms with E-state index in [1.54, 1.807) is 0 Å². The number of likely N-dealkylation sites (tertiary alicyclic amines) is 1. The van der Waals surface area contributed by atoms with Gasteiger partial charge in [-0.3, -0.25) is 4.90 Å². The van der Waals surface area contributed by atoms with Crippen molar-refractivity contribution in [1.82, 2.24) is 4.90 Å². The summed E-state index contributed by atoms with van der Waals surface area (Å²) in [6, 6.07) is 11.3. The molecule has 0 radical (unpaired) electrons. The van der Waals surface area contributed by atoms with E-state index in [9.17, 15) is 5.21 Å². The van der Waals surface area contributed by atoms with Gasteiger partial charge in [-0.15, -0.1) is 0 Å². The summed E-state index contributed by atoms with van der Waals surface area (Å²) < 4.78 is 0. The molecular formula is C18H24N2O. The second kappa shape index (κ2) is 5.45. The van der Waals surface area contributed by atoms with Crippen LogP contribution >= 0.6 is 0 Å². The molecule has 0 spiro atoms. The highest BCUT2D eigenvalue weighted by atomic mass is 16.4. The minimum absolute atomic E-state index is 0.436. The summed E-state index contributed by atoms with van der Waals surface area (Å²) in [4.78, 5) is 2.60. The molecule has 1 saturated heterocycles. The van der Waals surface area contributed by atoms with Gasteiger partial charge in [-0.05, 0) is 62.6 Å². The van der Waals surface area contributed by atoms with Crippen molar-refractivity contribution in [1.29, 1.82) is 0 Å². The number of hydrogen-bond acceptors (Lipinski definition) is 3. The third-order valence-electron chi connectivity index (χ3n) is 5.95. The number of nitrogens with zero attached hydrogens (tertiary/aromatic N) is 2. The third-order valence-corrected chi connectivity index (χ3v) is 5.95. The molecule has 1 heterocycles. The summed E-state index contributed by atoms with van der Waals surface area (Å²) in [6.45, 7) is 2.29. The molecule has 1 aromatic rings. The van der Waals surface area contributed by atoms with E-state index in [4.69, 9.17) is 0 Å². The monoisotopic (exact) mass is 284 g/mol. The van der Waals surface area contributed by atoms with Crippen LogP contribution in [0.1, 0.15) is 43.6 Å². The van der Waals surface area contributed by atoms with Crippen LogP contribution < -0.4 is 0 Å². The molecule has 1 aromatic carbocycles. The Morgan fingerprint density at radius 3 is 2.43 bits per heavy atom. The fourth-order valence-corrected chi connectivity index (χ4v) is 4.92. The second-order valence-corrected chi connectivity index (χ2v) is 6.96. The van der Waals surface area contributed by atoms with Gasteiger partial charge in [-0.25, -0.2) is 0 Å². The van der Waals surface area contributed by atoms with Gasteiger partial charge >= 0.3 is 0 Å². The Bertz CT molecular complexity index is 519. The Balaban J connectivity index is 1.44. The highest BCUT2D eigenvalue weighted by Gasteiger charge is 2.48. The van der Waals surface area contributed by atoms with Crippen molar-refractivity contribution in [2.24, 2.45) is 17.0 Å². The molecule has 3 heteroatoms. The lowest BCUT2D eigenvalue weighted by molar-refractivity contribution is 0.151. The van der Waals surface area contributed by atoms with Gasteiger partial charge in [0.25, 0.3) is 0 Å². The minimum Gasteiger partial charge on any atom is -0.411 e. The molecule has 0 amide bonds. The van der Waals surface area contributed by atoms with E-state index in [2.05, 4.69) is 40.4 Å². The zero-order chi connectivity index (χ0) is 14.2. The van der Waals surface area contributed by atoms with Crippen LogP contribution in [-0.4, -0.2) is 35.0 Å². The van der Waals surface area contributed by atoms with Gasteiger partial charge in [0.2, 0.25) is 0 Å². The molecule has 3 fully saturated rings. The fourth-order valence-electron chi connectivity index (χ4n) is 4.92. The van der Waals surface area contributed by atoms with Gasteiger partial charge in [-0.1, -0.05) is 35.5 Å². The largest absolute Gasteiger partial charge is 0.411 e. The first-order valence-corrected chi connectivity index (χ1v) is 8.37. The molecule has 4 rings (SSSR count). The van der Waals surface area contributed by atoms with Gasteiger partial charge in [0.15, 0.2) is 0 Å². The van der Waals surface area contributed by atoms with Crippen molar-refractivity contribution in [3.05, 3.63) is 35.9 Å². The van der Waals surface area contributed by atoms with Gasteiger partial charge in [0, 0.05) is 5.92 Å². The summed E-state index contributed by atoms with van der Waals surface area (Å²) >= 11 is 0. The molecule has 2 bridgehead atoms. The zero-order valence-corrected chi connectivity index (χ0v) is 12.5. The first-order chi connectivity index (χ1) is 10.4. The van der Waals surface area contributed by atoms with E-state index in [-0.39, 0.29) is 0 Å². The van der Waals surface area contributed by atoms with Crippen molar-refractivity contribution < 1.29 is 5.21 Å². The van der Waals surface area contributed by atoms with Crippen molar-refractivity contribution in [2.75, 3.05) is 13.1 Å². The Kier molecular flexibility index (Phi) is 3.46. The lowest BCUT2D eigenvalue weighted by Gasteiger charge is -2.39. The van der Waals surface area contributed by atoms with Crippen LogP contribution in [0.25, 0.3) is 0 Å². The minimum atomic E-state index is 0.436. The zero-order valence-electron chi connectivity index (χ0n) is 12.5. The van der Waals surface area contributed by atoms with E-state index in [0.717, 1.165) is 24.7 Å². The smallest absolute Gasteiger partial charge is 0.0775 e. The maximum Gasteiger partial charge on any atom is 0.0775 e. The lowest BCUT2D eigenvalue weighted by Crippen LogP contribution is -2.48. The third kappa shape index (κ3) is 2.28. The van der Waals surface area contributed by atoms with E-state index in [0.29, 0.717) is 17.9 Å². The highest BCUT2D eigenvalue weighted by Crippen LogP contribution is 2.46. The molecule has 21 heavy (non-hydrogen) atoms. The van der Waals surface area contributed by atoms with Gasteiger partial charge in [-0.2, -0.15) is 0 Å². The molecule has 0 aromatic heterocycles. The molecule has 3 nitrogen and oxygen atoms in total. The van der Waals surface area contributed by atoms with Crippen molar-refractivity contribution in [3.8, 4) is 0 Å². The topological polar surface area (TPSA) is 35.8 Å². The van der Waals surface area contributed by atoms with Gasteiger partial charge < -0.3 is 5.21 Å². The summed E-state index contributed by atoms with van der Waals surface area (Å²) in [6.07, 6.45) is 6.28. The maximum atomic E-state index is 9.38. The summed E-state index contributed by atoms with van der Waals surface area (Å²) in [5.74, 6) is 2.02. The van der Waals surface area contributed by atoms with Crippen LogP contribution in [0.3, 0.4) is 0 Å². The molecule has 1 aliphatic heterocycles. The normalized spacial score (nSPS) is 35.6. The maximum absolute atomic E-state index is 9.38. The van der Waals surface area contributed by atoms with Crippen LogP contribution in [0.5, 0.6) is 0 Å².